The molecule has 0 spiro atoms. The molecule has 0 saturated carbocycles. The number of rotatable bonds is 4. The Morgan fingerprint density at radius 3 is 3.00 bits per heavy atom. The molecule has 2 aromatic rings. The zero-order valence-electron chi connectivity index (χ0n) is 10.1. The second-order valence-electron chi connectivity index (χ2n) is 4.19. The average molecular weight is 247 g/mol. The van der Waals surface area contributed by atoms with E-state index in [4.69, 9.17) is 5.73 Å². The molecule has 2 rings (SSSR count). The van der Waals surface area contributed by atoms with E-state index in [9.17, 15) is 0 Å². The Hall–Kier alpha value is -1.55. The fourth-order valence-electron chi connectivity index (χ4n) is 1.66. The van der Waals surface area contributed by atoms with Gasteiger partial charge in [0.25, 0.3) is 0 Å². The molecule has 0 amide bonds. The monoisotopic (exact) mass is 247 g/mol. The SMILES string of the molecule is Cc1cccc(NCC(C)c2nccs2)c1N. The summed E-state index contributed by atoms with van der Waals surface area (Å²) in [6.07, 6.45) is 1.84. The van der Waals surface area contributed by atoms with Gasteiger partial charge in [-0.25, -0.2) is 4.98 Å². The standard InChI is InChI=1S/C13H17N3S/c1-9-4-3-5-11(12(9)14)16-8-10(2)13-15-6-7-17-13/h3-7,10,16H,8,14H2,1-2H3. The van der Waals surface area contributed by atoms with E-state index in [0.717, 1.165) is 28.5 Å². The summed E-state index contributed by atoms with van der Waals surface area (Å²) in [6.45, 7) is 5.03. The minimum Gasteiger partial charge on any atom is -0.397 e. The molecule has 0 bridgehead atoms. The van der Waals surface area contributed by atoms with Crippen molar-refractivity contribution in [1.29, 1.82) is 0 Å². The van der Waals surface area contributed by atoms with Gasteiger partial charge in [-0.1, -0.05) is 19.1 Å². The van der Waals surface area contributed by atoms with Crippen LogP contribution in [0.2, 0.25) is 0 Å². The van der Waals surface area contributed by atoms with Gasteiger partial charge in [-0.2, -0.15) is 0 Å². The van der Waals surface area contributed by atoms with Crippen molar-refractivity contribution in [2.75, 3.05) is 17.6 Å². The number of thiazole rings is 1. The number of nitrogens with one attached hydrogen (secondary N) is 1. The predicted molar refractivity (Wildman–Crippen MR) is 74.6 cm³/mol. The van der Waals surface area contributed by atoms with Gasteiger partial charge < -0.3 is 11.1 Å². The molecule has 0 aliphatic carbocycles. The molecule has 90 valence electrons. The van der Waals surface area contributed by atoms with E-state index in [1.807, 2.05) is 36.7 Å². The van der Waals surface area contributed by atoms with Gasteiger partial charge in [0.15, 0.2) is 0 Å². The second kappa shape index (κ2) is 5.19. The van der Waals surface area contributed by atoms with E-state index in [2.05, 4.69) is 17.2 Å². The lowest BCUT2D eigenvalue weighted by Gasteiger charge is -2.14. The molecular weight excluding hydrogens is 230 g/mol. The van der Waals surface area contributed by atoms with E-state index >= 15 is 0 Å². The molecule has 17 heavy (non-hydrogen) atoms. The molecule has 0 radical (unpaired) electrons. The van der Waals surface area contributed by atoms with Crippen LogP contribution in [-0.4, -0.2) is 11.5 Å². The van der Waals surface area contributed by atoms with E-state index < -0.39 is 0 Å². The number of aryl methyl sites for hydroxylation is 1. The van der Waals surface area contributed by atoms with Crippen LogP contribution in [0.5, 0.6) is 0 Å². The Balaban J connectivity index is 2.00. The zero-order valence-corrected chi connectivity index (χ0v) is 10.9. The topological polar surface area (TPSA) is 50.9 Å². The van der Waals surface area contributed by atoms with Crippen molar-refractivity contribution >= 4 is 22.7 Å². The lowest BCUT2D eigenvalue weighted by atomic mass is 10.1. The quantitative estimate of drug-likeness (QED) is 0.815. The summed E-state index contributed by atoms with van der Waals surface area (Å²) in [5.41, 5.74) is 8.96. The highest BCUT2D eigenvalue weighted by Gasteiger charge is 2.08. The molecule has 1 unspecified atom stereocenters. The molecule has 1 aromatic carbocycles. The molecule has 0 aliphatic rings. The van der Waals surface area contributed by atoms with Gasteiger partial charge in [0.1, 0.15) is 0 Å². The molecule has 1 aromatic heterocycles. The number of nitrogens with two attached hydrogens (primary N) is 1. The van der Waals surface area contributed by atoms with E-state index in [1.165, 1.54) is 0 Å². The number of hydrogen-bond donors (Lipinski definition) is 2. The summed E-state index contributed by atoms with van der Waals surface area (Å²) >= 11 is 1.69. The first-order valence-electron chi connectivity index (χ1n) is 5.67. The van der Waals surface area contributed by atoms with E-state index in [1.54, 1.807) is 11.3 Å². The van der Waals surface area contributed by atoms with Crippen molar-refractivity contribution in [3.05, 3.63) is 40.3 Å². The number of hydrogen-bond acceptors (Lipinski definition) is 4. The summed E-state index contributed by atoms with van der Waals surface area (Å²) in [5.74, 6) is 0.398. The van der Waals surface area contributed by atoms with Gasteiger partial charge in [-0.05, 0) is 18.6 Å². The van der Waals surface area contributed by atoms with Crippen molar-refractivity contribution in [2.45, 2.75) is 19.8 Å². The first-order valence-corrected chi connectivity index (χ1v) is 6.55. The lowest BCUT2D eigenvalue weighted by Crippen LogP contribution is -2.11. The minimum atomic E-state index is 0.398. The van der Waals surface area contributed by atoms with Crippen LogP contribution in [0.25, 0.3) is 0 Å². The highest BCUT2D eigenvalue weighted by Crippen LogP contribution is 2.24. The van der Waals surface area contributed by atoms with Crippen LogP contribution in [0.1, 0.15) is 23.4 Å². The number of anilines is 2. The zero-order chi connectivity index (χ0) is 12.3. The maximum atomic E-state index is 6.01. The third-order valence-corrected chi connectivity index (χ3v) is 3.80. The largest absolute Gasteiger partial charge is 0.397 e. The third kappa shape index (κ3) is 2.77. The molecule has 0 fully saturated rings. The predicted octanol–water partition coefficient (Wildman–Crippen LogP) is 3.25. The van der Waals surface area contributed by atoms with Gasteiger partial charge in [0.2, 0.25) is 0 Å². The molecule has 1 atom stereocenters. The summed E-state index contributed by atoms with van der Waals surface area (Å²) in [5, 5.41) is 6.55. The summed E-state index contributed by atoms with van der Waals surface area (Å²) in [6, 6.07) is 6.05. The minimum absolute atomic E-state index is 0.398. The second-order valence-corrected chi connectivity index (χ2v) is 5.11. The maximum absolute atomic E-state index is 6.01. The molecule has 0 aliphatic heterocycles. The number of nitrogen functional groups attached to an aromatic ring is 1. The van der Waals surface area contributed by atoms with Gasteiger partial charge in [0, 0.05) is 24.0 Å². The normalized spacial score (nSPS) is 12.4. The smallest absolute Gasteiger partial charge is 0.0970 e. The van der Waals surface area contributed by atoms with Crippen LogP contribution in [-0.2, 0) is 0 Å². The molecule has 3 N–H and O–H groups in total. The molecular formula is C13H17N3S. The fraction of sp³-hybridized carbons (Fsp3) is 0.308. The Kier molecular flexibility index (Phi) is 3.64. The average Bonchev–Trinajstić information content (AvgIpc) is 2.84. The Morgan fingerprint density at radius 1 is 1.47 bits per heavy atom. The van der Waals surface area contributed by atoms with Crippen molar-refractivity contribution < 1.29 is 0 Å². The van der Waals surface area contributed by atoms with Crippen LogP contribution in [0.3, 0.4) is 0 Å². The van der Waals surface area contributed by atoms with Crippen molar-refractivity contribution in [3.8, 4) is 0 Å². The molecule has 3 nitrogen and oxygen atoms in total. The van der Waals surface area contributed by atoms with Gasteiger partial charge in [0.05, 0.1) is 16.4 Å². The highest BCUT2D eigenvalue weighted by atomic mass is 32.1. The van der Waals surface area contributed by atoms with Crippen LogP contribution >= 0.6 is 11.3 Å². The number of para-hydroxylation sites is 1. The van der Waals surface area contributed by atoms with Crippen molar-refractivity contribution in [3.63, 3.8) is 0 Å². The van der Waals surface area contributed by atoms with Crippen LogP contribution in [0.4, 0.5) is 11.4 Å². The fourth-order valence-corrected chi connectivity index (χ4v) is 2.36. The van der Waals surface area contributed by atoms with E-state index in [-0.39, 0.29) is 0 Å². The lowest BCUT2D eigenvalue weighted by molar-refractivity contribution is 0.795. The van der Waals surface area contributed by atoms with E-state index in [0.29, 0.717) is 5.92 Å². The van der Waals surface area contributed by atoms with Gasteiger partial charge >= 0.3 is 0 Å². The first-order chi connectivity index (χ1) is 8.18. The Bertz CT molecular complexity index is 479. The van der Waals surface area contributed by atoms with Crippen molar-refractivity contribution in [2.24, 2.45) is 0 Å². The Labute approximate surface area is 106 Å². The summed E-state index contributed by atoms with van der Waals surface area (Å²) < 4.78 is 0. The van der Waals surface area contributed by atoms with Crippen LogP contribution in [0.15, 0.2) is 29.8 Å². The van der Waals surface area contributed by atoms with Gasteiger partial charge in [-0.15, -0.1) is 11.3 Å². The molecule has 1 heterocycles. The molecule has 4 heteroatoms. The number of aromatic nitrogens is 1. The highest BCUT2D eigenvalue weighted by molar-refractivity contribution is 7.09. The maximum Gasteiger partial charge on any atom is 0.0970 e. The number of nitrogens with zero attached hydrogens (tertiary/aromatic N) is 1. The van der Waals surface area contributed by atoms with Gasteiger partial charge in [-0.3, -0.25) is 0 Å². The summed E-state index contributed by atoms with van der Waals surface area (Å²) in [7, 11) is 0. The Morgan fingerprint density at radius 2 is 2.29 bits per heavy atom. The van der Waals surface area contributed by atoms with Crippen molar-refractivity contribution in [1.82, 2.24) is 4.98 Å². The first kappa shape index (κ1) is 11.9. The summed E-state index contributed by atoms with van der Waals surface area (Å²) in [4.78, 5) is 4.32. The number of benzene rings is 1. The third-order valence-electron chi connectivity index (χ3n) is 2.80. The molecule has 0 saturated heterocycles. The van der Waals surface area contributed by atoms with Crippen LogP contribution in [0, 0.1) is 6.92 Å². The van der Waals surface area contributed by atoms with Crippen LogP contribution < -0.4 is 11.1 Å².